The Kier molecular flexibility index (Phi) is 10.8. The number of hydrogen-bond donors (Lipinski definition) is 1. The summed E-state index contributed by atoms with van der Waals surface area (Å²) < 4.78 is 27.1. The number of likely N-dealkylation sites (N-methyl/N-ethyl adjacent to an activating group) is 1. The Morgan fingerprint density at radius 1 is 0.947 bits per heavy atom. The molecule has 0 aliphatic rings. The highest BCUT2D eigenvalue weighted by molar-refractivity contribution is 9.10. The Bertz CT molecular complexity index is 1320. The Hall–Kier alpha value is -2.88. The van der Waals surface area contributed by atoms with Gasteiger partial charge in [-0.15, -0.1) is 0 Å². The second-order valence-corrected chi connectivity index (χ2v) is 12.1. The van der Waals surface area contributed by atoms with E-state index in [4.69, 9.17) is 11.6 Å². The fourth-order valence-electron chi connectivity index (χ4n) is 4.12. The maximum Gasteiger partial charge on any atom is 0.242 e. The van der Waals surface area contributed by atoms with Crippen LogP contribution in [0.1, 0.15) is 24.0 Å². The molecule has 0 radical (unpaired) electrons. The lowest BCUT2D eigenvalue weighted by atomic mass is 10.0. The summed E-state index contributed by atoms with van der Waals surface area (Å²) in [4.78, 5) is 28.2. The SMILES string of the molecule is CNC(=O)[C@H](Cc1ccccc1)N(Cc1ccc(Br)cc1)C(=O)CCCN(c1ccc(Cl)cc1)S(C)(=O)=O. The molecule has 0 aliphatic carbocycles. The van der Waals surface area contributed by atoms with Crippen molar-refractivity contribution in [2.45, 2.75) is 31.8 Å². The summed E-state index contributed by atoms with van der Waals surface area (Å²) in [6, 6.07) is 22.9. The van der Waals surface area contributed by atoms with Crippen LogP contribution in [0, 0.1) is 0 Å². The molecule has 0 saturated carbocycles. The van der Waals surface area contributed by atoms with Gasteiger partial charge in [-0.2, -0.15) is 0 Å². The van der Waals surface area contributed by atoms with Crippen molar-refractivity contribution in [2.75, 3.05) is 24.2 Å². The highest BCUT2D eigenvalue weighted by Gasteiger charge is 2.30. The number of rotatable bonds is 12. The Balaban J connectivity index is 1.83. The minimum Gasteiger partial charge on any atom is -0.357 e. The lowest BCUT2D eigenvalue weighted by molar-refractivity contribution is -0.141. The van der Waals surface area contributed by atoms with E-state index in [1.165, 1.54) is 4.31 Å². The van der Waals surface area contributed by atoms with Crippen LogP contribution >= 0.6 is 27.5 Å². The van der Waals surface area contributed by atoms with Gasteiger partial charge >= 0.3 is 0 Å². The molecule has 2 amide bonds. The first-order valence-corrected chi connectivity index (χ1v) is 15.1. The van der Waals surface area contributed by atoms with E-state index >= 15 is 0 Å². The van der Waals surface area contributed by atoms with Crippen LogP contribution in [0.5, 0.6) is 0 Å². The van der Waals surface area contributed by atoms with Gasteiger partial charge in [0.1, 0.15) is 6.04 Å². The average Bonchev–Trinajstić information content (AvgIpc) is 2.89. The van der Waals surface area contributed by atoms with Gasteiger partial charge in [-0.25, -0.2) is 8.42 Å². The quantitative estimate of drug-likeness (QED) is 0.308. The molecular weight excluding hydrogens is 590 g/mol. The van der Waals surface area contributed by atoms with Crippen LogP contribution < -0.4 is 9.62 Å². The standard InChI is InChI=1S/C28H31BrClN3O4S/c1-31-28(35)26(19-21-7-4-3-5-8-21)32(20-22-10-12-23(29)13-11-22)27(34)9-6-18-33(38(2,36)37)25-16-14-24(30)15-17-25/h3-5,7-8,10-17,26H,6,9,18-20H2,1-2H3,(H,31,35)/t26-/m0/s1. The van der Waals surface area contributed by atoms with E-state index in [1.54, 1.807) is 36.2 Å². The van der Waals surface area contributed by atoms with E-state index in [-0.39, 0.29) is 37.7 Å². The molecule has 38 heavy (non-hydrogen) atoms. The third-order valence-electron chi connectivity index (χ3n) is 6.05. The highest BCUT2D eigenvalue weighted by Crippen LogP contribution is 2.22. The number of carbonyl (C=O) groups excluding carboxylic acids is 2. The highest BCUT2D eigenvalue weighted by atomic mass is 79.9. The van der Waals surface area contributed by atoms with Crippen LogP contribution in [-0.2, 0) is 32.6 Å². The number of sulfonamides is 1. The Morgan fingerprint density at radius 3 is 2.16 bits per heavy atom. The largest absolute Gasteiger partial charge is 0.357 e. The average molecular weight is 621 g/mol. The van der Waals surface area contributed by atoms with Crippen molar-refractivity contribution in [1.82, 2.24) is 10.2 Å². The van der Waals surface area contributed by atoms with Crippen molar-refractivity contribution < 1.29 is 18.0 Å². The molecule has 0 heterocycles. The lowest BCUT2D eigenvalue weighted by Crippen LogP contribution is -2.49. The maximum atomic E-state index is 13.6. The van der Waals surface area contributed by atoms with Gasteiger partial charge in [0.15, 0.2) is 0 Å². The summed E-state index contributed by atoms with van der Waals surface area (Å²) in [6.07, 6.45) is 1.82. The predicted molar refractivity (Wildman–Crippen MR) is 156 cm³/mol. The van der Waals surface area contributed by atoms with E-state index in [0.29, 0.717) is 17.1 Å². The van der Waals surface area contributed by atoms with Gasteiger partial charge in [0.05, 0.1) is 11.9 Å². The molecule has 10 heteroatoms. The van der Waals surface area contributed by atoms with Crippen LogP contribution in [0.3, 0.4) is 0 Å². The molecule has 0 aromatic heterocycles. The first kappa shape index (κ1) is 29.7. The summed E-state index contributed by atoms with van der Waals surface area (Å²) >= 11 is 9.39. The number of nitrogens with zero attached hydrogens (tertiary/aromatic N) is 2. The molecule has 0 fully saturated rings. The van der Waals surface area contributed by atoms with Crippen LogP contribution in [-0.4, -0.2) is 51.0 Å². The molecule has 0 spiro atoms. The minimum absolute atomic E-state index is 0.0679. The zero-order valence-electron chi connectivity index (χ0n) is 21.3. The van der Waals surface area contributed by atoms with E-state index in [2.05, 4.69) is 21.2 Å². The molecule has 0 bridgehead atoms. The lowest BCUT2D eigenvalue weighted by Gasteiger charge is -2.31. The van der Waals surface area contributed by atoms with Gasteiger partial charge in [-0.05, 0) is 53.9 Å². The van der Waals surface area contributed by atoms with Crippen molar-refractivity contribution in [3.63, 3.8) is 0 Å². The van der Waals surface area contributed by atoms with Gasteiger partial charge in [-0.1, -0.05) is 70.0 Å². The van der Waals surface area contributed by atoms with Crippen LogP contribution in [0.15, 0.2) is 83.3 Å². The molecule has 1 N–H and O–H groups in total. The summed E-state index contributed by atoms with van der Waals surface area (Å²) in [6.45, 7) is 0.353. The monoisotopic (exact) mass is 619 g/mol. The topological polar surface area (TPSA) is 86.8 Å². The first-order chi connectivity index (χ1) is 18.1. The summed E-state index contributed by atoms with van der Waals surface area (Å²) in [5.41, 5.74) is 2.28. The third-order valence-corrected chi connectivity index (χ3v) is 8.03. The minimum atomic E-state index is -3.58. The summed E-state index contributed by atoms with van der Waals surface area (Å²) in [5.74, 6) is -0.500. The normalized spacial score (nSPS) is 12.0. The molecule has 3 rings (SSSR count). The zero-order valence-corrected chi connectivity index (χ0v) is 24.5. The summed E-state index contributed by atoms with van der Waals surface area (Å²) in [5, 5.41) is 3.20. The molecular formula is C28H31BrClN3O4S. The third kappa shape index (κ3) is 8.58. The van der Waals surface area contributed by atoms with Gasteiger partial charge in [0.25, 0.3) is 0 Å². The van der Waals surface area contributed by atoms with Crippen molar-refractivity contribution in [2.24, 2.45) is 0 Å². The molecule has 202 valence electrons. The molecule has 0 unspecified atom stereocenters. The number of carbonyl (C=O) groups is 2. The van der Waals surface area contributed by atoms with Gasteiger partial charge in [-0.3, -0.25) is 13.9 Å². The number of nitrogens with one attached hydrogen (secondary N) is 1. The smallest absolute Gasteiger partial charge is 0.242 e. The molecule has 0 saturated heterocycles. The van der Waals surface area contributed by atoms with Gasteiger partial charge < -0.3 is 10.2 Å². The number of amides is 2. The molecule has 7 nitrogen and oxygen atoms in total. The number of halogens is 2. The molecule has 0 aliphatic heterocycles. The van der Waals surface area contributed by atoms with E-state index < -0.39 is 16.1 Å². The van der Waals surface area contributed by atoms with Gasteiger partial charge in [0.2, 0.25) is 21.8 Å². The van der Waals surface area contributed by atoms with Crippen molar-refractivity contribution in [1.29, 1.82) is 0 Å². The van der Waals surface area contributed by atoms with Gasteiger partial charge in [0, 0.05) is 42.5 Å². The fraction of sp³-hybridized carbons (Fsp3) is 0.286. The molecule has 1 atom stereocenters. The first-order valence-electron chi connectivity index (χ1n) is 12.1. The van der Waals surface area contributed by atoms with Crippen LogP contribution in [0.4, 0.5) is 5.69 Å². The van der Waals surface area contributed by atoms with Crippen molar-refractivity contribution >= 4 is 55.1 Å². The summed E-state index contributed by atoms with van der Waals surface area (Å²) in [7, 11) is -2.02. The van der Waals surface area contributed by atoms with E-state index in [1.807, 2.05) is 54.6 Å². The van der Waals surface area contributed by atoms with Crippen molar-refractivity contribution in [3.05, 3.63) is 99.5 Å². The number of benzene rings is 3. The number of anilines is 1. The fourth-order valence-corrected chi connectivity index (χ4v) is 5.47. The van der Waals surface area contributed by atoms with Crippen LogP contribution in [0.25, 0.3) is 0 Å². The van der Waals surface area contributed by atoms with Crippen LogP contribution in [0.2, 0.25) is 5.02 Å². The Labute approximate surface area is 238 Å². The second-order valence-electron chi connectivity index (χ2n) is 8.88. The second kappa shape index (κ2) is 13.8. The maximum absolute atomic E-state index is 13.6. The predicted octanol–water partition coefficient (Wildman–Crippen LogP) is 5.03. The van der Waals surface area contributed by atoms with E-state index in [0.717, 1.165) is 21.9 Å². The Morgan fingerprint density at radius 2 is 1.58 bits per heavy atom. The van der Waals surface area contributed by atoms with Crippen molar-refractivity contribution in [3.8, 4) is 0 Å². The zero-order chi connectivity index (χ0) is 27.7. The molecule has 3 aromatic rings. The molecule has 3 aromatic carbocycles. The number of hydrogen-bond acceptors (Lipinski definition) is 4. The van der Waals surface area contributed by atoms with E-state index in [9.17, 15) is 18.0 Å².